The van der Waals surface area contributed by atoms with Gasteiger partial charge in [-0.3, -0.25) is 14.2 Å². The number of imidazole rings is 1. The van der Waals surface area contributed by atoms with Crippen LogP contribution in [-0.4, -0.2) is 66.2 Å². The summed E-state index contributed by atoms with van der Waals surface area (Å²) in [4.78, 5) is 17.6. The van der Waals surface area contributed by atoms with Gasteiger partial charge in [-0.25, -0.2) is 13.7 Å². The van der Waals surface area contributed by atoms with E-state index >= 15 is 0 Å². The Morgan fingerprint density at radius 1 is 1.13 bits per heavy atom. The van der Waals surface area contributed by atoms with Gasteiger partial charge in [0, 0.05) is 12.6 Å². The number of nitrogens with one attached hydrogen (secondary N) is 1. The number of aryl methyl sites for hydroxylation is 1. The Balaban J connectivity index is 1.29. The summed E-state index contributed by atoms with van der Waals surface area (Å²) in [6.07, 6.45) is 2.62. The molecule has 0 aliphatic carbocycles. The molecule has 0 atom stereocenters. The van der Waals surface area contributed by atoms with Gasteiger partial charge in [-0.05, 0) is 24.1 Å². The molecule has 16 heteroatoms. The van der Waals surface area contributed by atoms with Crippen molar-refractivity contribution < 1.29 is 40.2 Å². The molecule has 0 radical (unpaired) electrons. The molecule has 1 aromatic carbocycles. The minimum absolute atomic E-state index is 0.0299. The normalized spacial score (nSPS) is 15.6. The number of benzene rings is 1. The maximum absolute atomic E-state index is 14.9. The van der Waals surface area contributed by atoms with Crippen LogP contribution in [0, 0.1) is 5.82 Å². The molecule has 0 spiro atoms. The lowest BCUT2D eigenvalue weighted by atomic mass is 10.1. The van der Waals surface area contributed by atoms with Gasteiger partial charge in [-0.15, -0.1) is 0 Å². The van der Waals surface area contributed by atoms with Crippen LogP contribution < -0.4 is 19.8 Å². The number of hydrogen-bond donors (Lipinski definition) is 1. The molecular formula is C23H22F4N6O5S. The van der Waals surface area contributed by atoms with Crippen LogP contribution in [0.3, 0.4) is 0 Å². The van der Waals surface area contributed by atoms with Crippen molar-refractivity contribution in [2.75, 3.05) is 31.3 Å². The summed E-state index contributed by atoms with van der Waals surface area (Å²) in [5, 5.41) is 7.46. The van der Waals surface area contributed by atoms with E-state index in [2.05, 4.69) is 15.4 Å². The zero-order valence-electron chi connectivity index (χ0n) is 20.4. The van der Waals surface area contributed by atoms with E-state index in [0.717, 1.165) is 11.1 Å². The number of alkyl halides is 3. The van der Waals surface area contributed by atoms with E-state index in [1.54, 1.807) is 16.7 Å². The number of pyridine rings is 1. The Morgan fingerprint density at radius 3 is 2.51 bits per heavy atom. The van der Waals surface area contributed by atoms with E-state index in [0.29, 0.717) is 60.1 Å². The van der Waals surface area contributed by atoms with Gasteiger partial charge in [0.1, 0.15) is 36.7 Å². The lowest BCUT2D eigenvalue weighted by molar-refractivity contribution is -0.0471. The lowest BCUT2D eigenvalue weighted by Crippen LogP contribution is -2.46. The maximum atomic E-state index is 14.9. The zero-order chi connectivity index (χ0) is 27.9. The van der Waals surface area contributed by atoms with Crippen LogP contribution in [0.2, 0.25) is 0 Å². The molecule has 0 unspecified atom stereocenters. The van der Waals surface area contributed by atoms with Crippen LogP contribution in [-0.2, 0) is 23.0 Å². The van der Waals surface area contributed by atoms with Crippen molar-refractivity contribution in [3.63, 3.8) is 0 Å². The van der Waals surface area contributed by atoms with Crippen LogP contribution in [0.4, 0.5) is 23.2 Å². The van der Waals surface area contributed by atoms with E-state index in [1.165, 1.54) is 12.1 Å². The molecule has 39 heavy (non-hydrogen) atoms. The maximum Gasteiger partial charge on any atom is 0.516 e. The van der Waals surface area contributed by atoms with Crippen LogP contribution in [0.15, 0.2) is 35.6 Å². The van der Waals surface area contributed by atoms with Crippen LogP contribution in [0.1, 0.15) is 28.7 Å². The van der Waals surface area contributed by atoms with Crippen molar-refractivity contribution in [2.45, 2.75) is 25.4 Å². The van der Waals surface area contributed by atoms with Crippen LogP contribution in [0.25, 0.3) is 5.65 Å². The molecule has 0 bridgehead atoms. The quantitative estimate of drug-likeness (QED) is 0.453. The molecule has 11 nitrogen and oxygen atoms in total. The summed E-state index contributed by atoms with van der Waals surface area (Å²) >= 11 is 0. The molecule has 1 amide bonds. The van der Waals surface area contributed by atoms with E-state index < -0.39 is 33.8 Å². The number of hydrogen-bond acceptors (Lipinski definition) is 8. The van der Waals surface area contributed by atoms with E-state index in [1.807, 2.05) is 6.92 Å². The summed E-state index contributed by atoms with van der Waals surface area (Å²) in [7, 11) is -5.58. The highest BCUT2D eigenvalue weighted by molar-refractivity contribution is 7.90. The number of anilines is 1. The molecule has 2 aromatic heterocycles. The standard InChI is InChI=1S/C23H22F4N6O5S/c1-2-16-21(32-12-19-18(10-20(32)30-16)37-7-8-38-19)22(34)28-11-14-3-4-17(15(24)9-14)33-6-5-31(13-29-33)39(35,36)23(25,26)27/h3-4,9-10,12-13H,2,5-8,11H2,1H3,(H,28,34). The van der Waals surface area contributed by atoms with Gasteiger partial charge in [-0.2, -0.15) is 26.7 Å². The molecule has 2 aliphatic rings. The van der Waals surface area contributed by atoms with Gasteiger partial charge in [0.25, 0.3) is 5.91 Å². The first kappa shape index (κ1) is 26.5. The van der Waals surface area contributed by atoms with Gasteiger partial charge < -0.3 is 14.8 Å². The first-order chi connectivity index (χ1) is 18.5. The molecule has 4 heterocycles. The smallest absolute Gasteiger partial charge is 0.486 e. The number of halogens is 4. The topological polar surface area (TPSA) is 118 Å². The van der Waals surface area contributed by atoms with Crippen molar-refractivity contribution in [1.82, 2.24) is 19.0 Å². The molecule has 208 valence electrons. The Labute approximate surface area is 219 Å². The summed E-state index contributed by atoms with van der Waals surface area (Å²) in [6.45, 7) is 1.76. The molecule has 5 rings (SSSR count). The number of sulfonamides is 1. The van der Waals surface area contributed by atoms with Crippen molar-refractivity contribution >= 4 is 33.6 Å². The Morgan fingerprint density at radius 2 is 1.87 bits per heavy atom. The Hall–Kier alpha value is -4.08. The predicted octanol–water partition coefficient (Wildman–Crippen LogP) is 2.65. The van der Waals surface area contributed by atoms with Crippen molar-refractivity contribution in [3.05, 3.63) is 53.2 Å². The molecular weight excluding hydrogens is 548 g/mol. The average molecular weight is 571 g/mol. The minimum atomic E-state index is -5.58. The fourth-order valence-electron chi connectivity index (χ4n) is 4.17. The van der Waals surface area contributed by atoms with Crippen LogP contribution >= 0.6 is 0 Å². The number of nitrogens with zero attached hydrogens (tertiary/aromatic N) is 5. The summed E-state index contributed by atoms with van der Waals surface area (Å²) in [6, 6.07) is 5.71. The summed E-state index contributed by atoms with van der Waals surface area (Å²) in [5.41, 5.74) is -3.74. The molecule has 0 saturated heterocycles. The molecule has 0 saturated carbocycles. The highest BCUT2D eigenvalue weighted by Gasteiger charge is 2.50. The number of carbonyl (C=O) groups excluding carboxylic acids is 1. The molecule has 2 aliphatic heterocycles. The average Bonchev–Trinajstić information content (AvgIpc) is 3.27. The Kier molecular flexibility index (Phi) is 6.74. The van der Waals surface area contributed by atoms with Gasteiger partial charge in [0.15, 0.2) is 11.5 Å². The van der Waals surface area contributed by atoms with Gasteiger partial charge in [0.05, 0.1) is 30.7 Å². The monoisotopic (exact) mass is 570 g/mol. The predicted molar refractivity (Wildman–Crippen MR) is 131 cm³/mol. The molecule has 3 aromatic rings. The number of aromatic nitrogens is 2. The van der Waals surface area contributed by atoms with Crippen molar-refractivity contribution in [2.24, 2.45) is 5.10 Å². The SMILES string of the molecule is CCc1nc2cc3c(cn2c1C(=O)NCc1ccc(N2CCN(S(=O)(=O)C(F)(F)F)C=N2)c(F)c1)OCCO3. The number of ether oxygens (including phenoxy) is 2. The number of fused-ring (bicyclic) bond motifs is 2. The Bertz CT molecular complexity index is 1570. The largest absolute Gasteiger partial charge is 0.516 e. The van der Waals surface area contributed by atoms with Gasteiger partial charge in [0.2, 0.25) is 0 Å². The number of hydrazone groups is 1. The van der Waals surface area contributed by atoms with E-state index in [-0.39, 0.29) is 23.1 Å². The second-order valence-corrected chi connectivity index (χ2v) is 10.5. The van der Waals surface area contributed by atoms with Crippen LogP contribution in [0.5, 0.6) is 11.5 Å². The third-order valence-electron chi connectivity index (χ3n) is 6.10. The number of amides is 1. The van der Waals surface area contributed by atoms with Crippen molar-refractivity contribution in [1.29, 1.82) is 0 Å². The van der Waals surface area contributed by atoms with E-state index in [4.69, 9.17) is 9.47 Å². The summed E-state index contributed by atoms with van der Waals surface area (Å²) < 4.78 is 89.0. The first-order valence-corrected chi connectivity index (χ1v) is 13.2. The first-order valence-electron chi connectivity index (χ1n) is 11.8. The molecule has 1 N–H and O–H groups in total. The highest BCUT2D eigenvalue weighted by Crippen LogP contribution is 2.32. The summed E-state index contributed by atoms with van der Waals surface area (Å²) in [5.74, 6) is -0.164. The fourth-order valence-corrected chi connectivity index (χ4v) is 4.93. The highest BCUT2D eigenvalue weighted by atomic mass is 32.2. The number of carbonyl (C=O) groups is 1. The van der Waals surface area contributed by atoms with E-state index in [9.17, 15) is 30.8 Å². The number of rotatable bonds is 6. The lowest BCUT2D eigenvalue weighted by Gasteiger charge is -2.29. The molecule has 0 fully saturated rings. The second-order valence-electron chi connectivity index (χ2n) is 8.57. The third kappa shape index (κ3) is 4.91. The minimum Gasteiger partial charge on any atom is -0.486 e. The zero-order valence-corrected chi connectivity index (χ0v) is 21.2. The fraction of sp³-hybridized carbons (Fsp3) is 0.348. The van der Waals surface area contributed by atoms with Gasteiger partial charge >= 0.3 is 15.5 Å². The van der Waals surface area contributed by atoms with Crippen molar-refractivity contribution in [3.8, 4) is 11.5 Å². The van der Waals surface area contributed by atoms with Gasteiger partial charge in [-0.1, -0.05) is 13.0 Å². The third-order valence-corrected chi connectivity index (χ3v) is 7.58. The second kappa shape index (κ2) is 9.91.